The Morgan fingerprint density at radius 1 is 1.11 bits per heavy atom. The highest BCUT2D eigenvalue weighted by Gasteiger charge is 2.13. The second kappa shape index (κ2) is 11.3. The van der Waals surface area contributed by atoms with Gasteiger partial charge in [-0.3, -0.25) is 9.59 Å². The average Bonchev–Trinajstić information content (AvgIpc) is 2.66. The van der Waals surface area contributed by atoms with Gasteiger partial charge in [-0.1, -0.05) is 23.7 Å². The number of halogens is 1. The molecule has 2 amide bonds. The molecule has 0 spiro atoms. The second-order valence-electron chi connectivity index (χ2n) is 5.90. The van der Waals surface area contributed by atoms with E-state index in [-0.39, 0.29) is 18.4 Å². The van der Waals surface area contributed by atoms with E-state index < -0.39 is 0 Å². The molecular weight excluding hydrogens is 400 g/mol. The molecule has 0 unspecified atom stereocenters. The SMILES string of the molecule is CSc1ccccc1NC(=O)CN(C)C(=O)CCCSc1ccc(Cl)cc1. The molecule has 2 aromatic carbocycles. The third kappa shape index (κ3) is 7.48. The molecule has 0 aliphatic carbocycles. The van der Waals surface area contributed by atoms with E-state index in [1.165, 1.54) is 4.90 Å². The predicted molar refractivity (Wildman–Crippen MR) is 116 cm³/mol. The molecule has 0 saturated heterocycles. The molecule has 0 radical (unpaired) electrons. The van der Waals surface area contributed by atoms with Gasteiger partial charge in [0.15, 0.2) is 0 Å². The molecule has 0 heterocycles. The maximum atomic E-state index is 12.2. The van der Waals surface area contributed by atoms with Crippen molar-refractivity contribution in [1.82, 2.24) is 4.90 Å². The summed E-state index contributed by atoms with van der Waals surface area (Å²) in [5, 5.41) is 3.59. The fourth-order valence-electron chi connectivity index (χ4n) is 2.38. The zero-order valence-corrected chi connectivity index (χ0v) is 17.8. The lowest BCUT2D eigenvalue weighted by Crippen LogP contribution is -2.34. The van der Waals surface area contributed by atoms with Gasteiger partial charge in [0, 0.05) is 28.3 Å². The van der Waals surface area contributed by atoms with Crippen molar-refractivity contribution in [2.45, 2.75) is 22.6 Å². The number of benzene rings is 2. The van der Waals surface area contributed by atoms with Gasteiger partial charge < -0.3 is 10.2 Å². The second-order valence-corrected chi connectivity index (χ2v) is 8.36. The van der Waals surface area contributed by atoms with E-state index >= 15 is 0 Å². The summed E-state index contributed by atoms with van der Waals surface area (Å²) in [6.07, 6.45) is 3.14. The largest absolute Gasteiger partial charge is 0.336 e. The van der Waals surface area contributed by atoms with Crippen LogP contribution in [-0.2, 0) is 9.59 Å². The zero-order chi connectivity index (χ0) is 19.6. The van der Waals surface area contributed by atoms with Crippen LogP contribution in [0.1, 0.15) is 12.8 Å². The molecule has 144 valence electrons. The molecule has 7 heteroatoms. The quantitative estimate of drug-likeness (QED) is 0.454. The Morgan fingerprint density at radius 2 is 1.81 bits per heavy atom. The standard InChI is InChI=1S/C20H23ClN2O2S2/c1-23(14-19(24)22-17-6-3-4-7-18(17)26-2)20(25)8-5-13-27-16-11-9-15(21)10-12-16/h3-4,6-7,9-12H,5,8,13-14H2,1-2H3,(H,22,24). The summed E-state index contributed by atoms with van der Waals surface area (Å²) in [6, 6.07) is 15.3. The summed E-state index contributed by atoms with van der Waals surface area (Å²) in [5.41, 5.74) is 0.773. The highest BCUT2D eigenvalue weighted by Crippen LogP contribution is 2.24. The van der Waals surface area contributed by atoms with Crippen LogP contribution in [-0.4, -0.2) is 42.3 Å². The van der Waals surface area contributed by atoms with Crippen LogP contribution in [0, 0.1) is 0 Å². The summed E-state index contributed by atoms with van der Waals surface area (Å²) in [4.78, 5) is 28.0. The van der Waals surface area contributed by atoms with Gasteiger partial charge >= 0.3 is 0 Å². The molecule has 27 heavy (non-hydrogen) atoms. The molecule has 0 aliphatic rings. The van der Waals surface area contributed by atoms with Crippen LogP contribution in [0.4, 0.5) is 5.69 Å². The Hall–Kier alpha value is -1.63. The first kappa shape index (κ1) is 21.7. The van der Waals surface area contributed by atoms with Crippen LogP contribution in [0.5, 0.6) is 0 Å². The number of carbonyl (C=O) groups is 2. The lowest BCUT2D eigenvalue weighted by atomic mass is 10.3. The summed E-state index contributed by atoms with van der Waals surface area (Å²) >= 11 is 9.13. The monoisotopic (exact) mass is 422 g/mol. The van der Waals surface area contributed by atoms with Crippen LogP contribution < -0.4 is 5.32 Å². The van der Waals surface area contributed by atoms with E-state index in [1.807, 2.05) is 54.8 Å². The van der Waals surface area contributed by atoms with E-state index in [9.17, 15) is 9.59 Å². The normalized spacial score (nSPS) is 10.5. The first-order valence-electron chi connectivity index (χ1n) is 8.55. The van der Waals surface area contributed by atoms with Gasteiger partial charge in [-0.05, 0) is 54.8 Å². The third-order valence-electron chi connectivity index (χ3n) is 3.80. The molecule has 1 N–H and O–H groups in total. The molecule has 0 atom stereocenters. The number of rotatable bonds is 9. The fourth-order valence-corrected chi connectivity index (χ4v) is 3.91. The number of hydrogen-bond donors (Lipinski definition) is 1. The van der Waals surface area contributed by atoms with Gasteiger partial charge in [-0.2, -0.15) is 0 Å². The zero-order valence-electron chi connectivity index (χ0n) is 15.4. The van der Waals surface area contributed by atoms with Crippen LogP contribution in [0.2, 0.25) is 5.02 Å². The van der Waals surface area contributed by atoms with Crippen molar-refractivity contribution < 1.29 is 9.59 Å². The molecule has 2 aromatic rings. The number of nitrogens with one attached hydrogen (secondary N) is 1. The van der Waals surface area contributed by atoms with E-state index in [1.54, 1.807) is 30.6 Å². The number of nitrogens with zero attached hydrogens (tertiary/aromatic N) is 1. The van der Waals surface area contributed by atoms with Crippen molar-refractivity contribution >= 4 is 52.6 Å². The van der Waals surface area contributed by atoms with E-state index in [0.717, 1.165) is 32.7 Å². The predicted octanol–water partition coefficient (Wildman–Crippen LogP) is 5.03. The number of amides is 2. The first-order chi connectivity index (χ1) is 13.0. The first-order valence-corrected chi connectivity index (χ1v) is 11.1. The van der Waals surface area contributed by atoms with Crippen LogP contribution in [0.25, 0.3) is 0 Å². The minimum Gasteiger partial charge on any atom is -0.336 e. The van der Waals surface area contributed by atoms with E-state index in [0.29, 0.717) is 6.42 Å². The van der Waals surface area contributed by atoms with Gasteiger partial charge in [0.2, 0.25) is 11.8 Å². The third-order valence-corrected chi connectivity index (χ3v) is 5.95. The lowest BCUT2D eigenvalue weighted by molar-refractivity contribution is -0.133. The van der Waals surface area contributed by atoms with E-state index in [4.69, 9.17) is 11.6 Å². The molecule has 0 bridgehead atoms. The molecule has 4 nitrogen and oxygen atoms in total. The number of para-hydroxylation sites is 1. The molecule has 0 saturated carbocycles. The topological polar surface area (TPSA) is 49.4 Å². The van der Waals surface area contributed by atoms with Crippen molar-refractivity contribution in [2.75, 3.05) is 30.9 Å². The molecule has 0 aliphatic heterocycles. The van der Waals surface area contributed by atoms with Gasteiger partial charge in [0.1, 0.15) is 0 Å². The number of anilines is 1. The number of thioether (sulfide) groups is 2. The summed E-state index contributed by atoms with van der Waals surface area (Å²) in [6.45, 7) is 0.0475. The van der Waals surface area contributed by atoms with Gasteiger partial charge in [-0.25, -0.2) is 0 Å². The molecule has 0 fully saturated rings. The van der Waals surface area contributed by atoms with Crippen molar-refractivity contribution in [3.05, 3.63) is 53.6 Å². The Bertz CT molecular complexity index is 769. The Morgan fingerprint density at radius 3 is 2.52 bits per heavy atom. The molecule has 2 rings (SSSR count). The summed E-state index contributed by atoms with van der Waals surface area (Å²) in [7, 11) is 1.66. The maximum absolute atomic E-state index is 12.2. The number of carbonyl (C=O) groups excluding carboxylic acids is 2. The maximum Gasteiger partial charge on any atom is 0.244 e. The minimum atomic E-state index is -0.192. The summed E-state index contributed by atoms with van der Waals surface area (Å²) < 4.78 is 0. The highest BCUT2D eigenvalue weighted by atomic mass is 35.5. The van der Waals surface area contributed by atoms with Crippen molar-refractivity contribution in [3.63, 3.8) is 0 Å². The van der Waals surface area contributed by atoms with Gasteiger partial charge in [0.05, 0.1) is 12.2 Å². The van der Waals surface area contributed by atoms with Crippen molar-refractivity contribution in [2.24, 2.45) is 0 Å². The highest BCUT2D eigenvalue weighted by molar-refractivity contribution is 7.99. The fraction of sp³-hybridized carbons (Fsp3) is 0.300. The summed E-state index contributed by atoms with van der Waals surface area (Å²) in [5.74, 6) is 0.622. The van der Waals surface area contributed by atoms with Crippen LogP contribution in [0.15, 0.2) is 58.3 Å². The Kier molecular flexibility index (Phi) is 9.04. The molecule has 0 aromatic heterocycles. The van der Waals surface area contributed by atoms with Gasteiger partial charge in [0.25, 0.3) is 0 Å². The number of likely N-dealkylation sites (N-methyl/N-ethyl adjacent to an activating group) is 1. The van der Waals surface area contributed by atoms with E-state index in [2.05, 4.69) is 5.32 Å². The van der Waals surface area contributed by atoms with Crippen LogP contribution >= 0.6 is 35.1 Å². The Balaban J connectivity index is 1.71. The smallest absolute Gasteiger partial charge is 0.244 e. The van der Waals surface area contributed by atoms with Crippen molar-refractivity contribution in [3.8, 4) is 0 Å². The number of hydrogen-bond acceptors (Lipinski definition) is 4. The Labute approximate surface area is 174 Å². The van der Waals surface area contributed by atoms with Gasteiger partial charge in [-0.15, -0.1) is 23.5 Å². The minimum absolute atomic E-state index is 0.0278. The van der Waals surface area contributed by atoms with Crippen LogP contribution in [0.3, 0.4) is 0 Å². The molecular formula is C20H23ClN2O2S2. The van der Waals surface area contributed by atoms with Crippen molar-refractivity contribution in [1.29, 1.82) is 0 Å². The average molecular weight is 423 g/mol. The lowest BCUT2D eigenvalue weighted by Gasteiger charge is -2.17.